The first kappa shape index (κ1) is 15.8. The van der Waals surface area contributed by atoms with Crippen molar-refractivity contribution >= 4 is 22.3 Å². The van der Waals surface area contributed by atoms with Gasteiger partial charge in [0.1, 0.15) is 11.4 Å². The van der Waals surface area contributed by atoms with Gasteiger partial charge in [0.05, 0.1) is 22.4 Å². The molecule has 4 rings (SSSR count). The van der Waals surface area contributed by atoms with Crippen molar-refractivity contribution in [2.75, 3.05) is 5.32 Å². The van der Waals surface area contributed by atoms with Crippen LogP contribution < -0.4 is 5.32 Å². The van der Waals surface area contributed by atoms with Crippen LogP contribution in [0.4, 0.5) is 11.4 Å². The monoisotopic (exact) mass is 346 g/mol. The maximum Gasteiger partial charge on any atom is 0.301 e. The smallest absolute Gasteiger partial charge is 0.301 e. The van der Waals surface area contributed by atoms with Crippen molar-refractivity contribution in [2.24, 2.45) is 0 Å². The van der Waals surface area contributed by atoms with Crippen LogP contribution >= 0.6 is 0 Å². The van der Waals surface area contributed by atoms with Crippen molar-refractivity contribution in [1.29, 1.82) is 0 Å². The number of rotatable bonds is 5. The number of hydrogen-bond acceptors (Lipinski definition) is 6. The molecular weight excluding hydrogens is 332 g/mol. The quantitative estimate of drug-likeness (QED) is 0.425. The minimum Gasteiger partial charge on any atom is -0.374 e. The van der Waals surface area contributed by atoms with Gasteiger partial charge in [0.25, 0.3) is 0 Å². The lowest BCUT2D eigenvalue weighted by atomic mass is 10.1. The van der Waals surface area contributed by atoms with Gasteiger partial charge in [-0.05, 0) is 24.3 Å². The lowest BCUT2D eigenvalue weighted by molar-refractivity contribution is -0.382. The first-order valence-corrected chi connectivity index (χ1v) is 7.99. The number of aromatic nitrogens is 2. The predicted molar refractivity (Wildman–Crippen MR) is 97.7 cm³/mol. The minimum absolute atomic E-state index is 0.00220. The van der Waals surface area contributed by atoms with E-state index >= 15 is 0 Å². The standard InChI is InChI=1S/C19H14N4O3/c24-23(25)19-15-7-4-10-20-16(15)8-9-17(19)21-12-14-11-18(26-22-14)13-5-2-1-3-6-13/h1-11,21H,12H2. The Bertz CT molecular complexity index is 1080. The molecule has 0 aliphatic rings. The first-order chi connectivity index (χ1) is 12.7. The van der Waals surface area contributed by atoms with E-state index in [1.165, 1.54) is 0 Å². The summed E-state index contributed by atoms with van der Waals surface area (Å²) >= 11 is 0. The highest BCUT2D eigenvalue weighted by Crippen LogP contribution is 2.32. The Kier molecular flexibility index (Phi) is 4.03. The number of benzene rings is 2. The van der Waals surface area contributed by atoms with Gasteiger partial charge in [-0.25, -0.2) is 0 Å². The second-order valence-electron chi connectivity index (χ2n) is 5.69. The first-order valence-electron chi connectivity index (χ1n) is 7.99. The highest BCUT2D eigenvalue weighted by molar-refractivity contribution is 5.94. The summed E-state index contributed by atoms with van der Waals surface area (Å²) < 4.78 is 5.35. The van der Waals surface area contributed by atoms with Crippen LogP contribution in [-0.4, -0.2) is 15.1 Å². The Morgan fingerprint density at radius 1 is 1.08 bits per heavy atom. The van der Waals surface area contributed by atoms with E-state index in [-0.39, 0.29) is 5.69 Å². The maximum atomic E-state index is 11.5. The summed E-state index contributed by atoms with van der Waals surface area (Å²) in [5.74, 6) is 0.652. The van der Waals surface area contributed by atoms with Gasteiger partial charge in [-0.3, -0.25) is 15.1 Å². The zero-order valence-corrected chi connectivity index (χ0v) is 13.6. The lowest BCUT2D eigenvalue weighted by Gasteiger charge is -2.07. The van der Waals surface area contributed by atoms with Crippen molar-refractivity contribution in [3.63, 3.8) is 0 Å². The Morgan fingerprint density at radius 2 is 1.92 bits per heavy atom. The zero-order valence-electron chi connectivity index (χ0n) is 13.6. The molecule has 7 heteroatoms. The number of nitrogens with one attached hydrogen (secondary N) is 1. The fourth-order valence-corrected chi connectivity index (χ4v) is 2.80. The Hall–Kier alpha value is -3.74. The highest BCUT2D eigenvalue weighted by atomic mass is 16.6. The number of fused-ring (bicyclic) bond motifs is 1. The van der Waals surface area contributed by atoms with Crippen molar-refractivity contribution in [1.82, 2.24) is 10.1 Å². The van der Waals surface area contributed by atoms with E-state index in [1.54, 1.807) is 30.5 Å². The largest absolute Gasteiger partial charge is 0.374 e. The Balaban J connectivity index is 1.60. The molecule has 0 fully saturated rings. The zero-order chi connectivity index (χ0) is 17.9. The van der Waals surface area contributed by atoms with E-state index in [0.29, 0.717) is 34.6 Å². The summed E-state index contributed by atoms with van der Waals surface area (Å²) in [6, 6.07) is 18.2. The molecule has 2 aromatic heterocycles. The average molecular weight is 346 g/mol. The molecule has 0 atom stereocenters. The highest BCUT2D eigenvalue weighted by Gasteiger charge is 2.19. The molecule has 0 bridgehead atoms. The van der Waals surface area contributed by atoms with Gasteiger partial charge in [0, 0.05) is 17.8 Å². The van der Waals surface area contributed by atoms with Crippen molar-refractivity contribution in [3.8, 4) is 11.3 Å². The van der Waals surface area contributed by atoms with Crippen molar-refractivity contribution in [2.45, 2.75) is 6.54 Å². The summed E-state index contributed by atoms with van der Waals surface area (Å²) in [7, 11) is 0. The summed E-state index contributed by atoms with van der Waals surface area (Å²) in [5, 5.41) is 19.1. The molecule has 7 nitrogen and oxygen atoms in total. The molecule has 0 unspecified atom stereocenters. The number of pyridine rings is 1. The van der Waals surface area contributed by atoms with Crippen molar-refractivity contribution < 1.29 is 9.45 Å². The predicted octanol–water partition coefficient (Wildman–Crippen LogP) is 4.41. The Labute approximate surface area is 148 Å². The van der Waals surface area contributed by atoms with Gasteiger partial charge in [0.2, 0.25) is 0 Å². The second-order valence-corrected chi connectivity index (χ2v) is 5.69. The molecule has 26 heavy (non-hydrogen) atoms. The molecule has 128 valence electrons. The fraction of sp³-hybridized carbons (Fsp3) is 0.0526. The molecule has 0 spiro atoms. The summed E-state index contributed by atoms with van der Waals surface area (Å²) in [6.45, 7) is 0.308. The molecule has 0 amide bonds. The number of nitro groups is 1. The van der Waals surface area contributed by atoms with Gasteiger partial charge >= 0.3 is 5.69 Å². The van der Waals surface area contributed by atoms with Gasteiger partial charge in [0.15, 0.2) is 5.76 Å². The minimum atomic E-state index is -0.398. The van der Waals surface area contributed by atoms with Gasteiger partial charge < -0.3 is 9.84 Å². The SMILES string of the molecule is O=[N+]([O-])c1c(NCc2cc(-c3ccccc3)on2)ccc2ncccc12. The van der Waals surface area contributed by atoms with E-state index in [1.807, 2.05) is 36.4 Å². The average Bonchev–Trinajstić information content (AvgIpc) is 3.15. The van der Waals surface area contributed by atoms with Gasteiger partial charge in [-0.2, -0.15) is 0 Å². The van der Waals surface area contributed by atoms with Gasteiger partial charge in [-0.1, -0.05) is 35.5 Å². The molecule has 0 radical (unpaired) electrons. The van der Waals surface area contributed by atoms with Crippen LogP contribution in [0.5, 0.6) is 0 Å². The summed E-state index contributed by atoms with van der Waals surface area (Å²) in [4.78, 5) is 15.3. The summed E-state index contributed by atoms with van der Waals surface area (Å²) in [5.41, 5.74) is 2.58. The third kappa shape index (κ3) is 2.98. The topological polar surface area (TPSA) is 94.1 Å². The third-order valence-electron chi connectivity index (χ3n) is 4.02. The van der Waals surface area contributed by atoms with Crippen LogP contribution in [0, 0.1) is 10.1 Å². The Morgan fingerprint density at radius 3 is 2.73 bits per heavy atom. The van der Waals surface area contributed by atoms with Crippen LogP contribution in [0.25, 0.3) is 22.2 Å². The molecule has 2 heterocycles. The molecule has 0 aliphatic carbocycles. The molecular formula is C19H14N4O3. The van der Waals surface area contributed by atoms with Gasteiger partial charge in [-0.15, -0.1) is 0 Å². The lowest BCUT2D eigenvalue weighted by Crippen LogP contribution is -2.03. The molecule has 4 aromatic rings. The van der Waals surface area contributed by atoms with E-state index in [4.69, 9.17) is 4.52 Å². The normalized spacial score (nSPS) is 10.8. The third-order valence-corrected chi connectivity index (χ3v) is 4.02. The van der Waals surface area contributed by atoms with Crippen molar-refractivity contribution in [3.05, 3.63) is 82.7 Å². The second kappa shape index (κ2) is 6.64. The van der Waals surface area contributed by atoms with E-state index < -0.39 is 4.92 Å². The summed E-state index contributed by atoms with van der Waals surface area (Å²) in [6.07, 6.45) is 1.61. The van der Waals surface area contributed by atoms with E-state index in [9.17, 15) is 10.1 Å². The molecule has 0 aliphatic heterocycles. The fourth-order valence-electron chi connectivity index (χ4n) is 2.80. The van der Waals surface area contributed by atoms with E-state index in [2.05, 4.69) is 15.5 Å². The van der Waals surface area contributed by atoms with Crippen LogP contribution in [-0.2, 0) is 6.54 Å². The molecule has 0 saturated carbocycles. The van der Waals surface area contributed by atoms with Crippen LogP contribution in [0.15, 0.2) is 71.4 Å². The number of nitrogens with zero attached hydrogens (tertiary/aromatic N) is 3. The molecule has 0 saturated heterocycles. The molecule has 2 aromatic carbocycles. The number of anilines is 1. The van der Waals surface area contributed by atoms with Crippen LogP contribution in [0.1, 0.15) is 5.69 Å². The maximum absolute atomic E-state index is 11.5. The van der Waals surface area contributed by atoms with Crippen LogP contribution in [0.3, 0.4) is 0 Å². The van der Waals surface area contributed by atoms with E-state index in [0.717, 1.165) is 5.56 Å². The van der Waals surface area contributed by atoms with Crippen LogP contribution in [0.2, 0.25) is 0 Å². The number of nitro benzene ring substituents is 1. The molecule has 1 N–H and O–H groups in total. The number of hydrogen-bond donors (Lipinski definition) is 1.